The number of nitrogens with zero attached hydrogens (tertiary/aromatic N) is 1. The summed E-state index contributed by atoms with van der Waals surface area (Å²) < 4.78 is 0. The number of hydrogen-bond acceptors (Lipinski definition) is 4. The molecule has 0 spiro atoms. The van der Waals surface area contributed by atoms with Crippen molar-refractivity contribution in [1.82, 2.24) is 10.6 Å². The van der Waals surface area contributed by atoms with Crippen molar-refractivity contribution in [2.75, 3.05) is 6.54 Å². The summed E-state index contributed by atoms with van der Waals surface area (Å²) in [6, 6.07) is 8.25. The Balaban J connectivity index is 1.77. The van der Waals surface area contributed by atoms with Crippen molar-refractivity contribution in [2.24, 2.45) is 17.8 Å². The minimum absolute atomic E-state index is 0.0690. The smallest absolute Gasteiger partial charge is 0.251 e. The number of amides is 2. The molecule has 158 valence electrons. The van der Waals surface area contributed by atoms with E-state index in [9.17, 15) is 14.7 Å². The molecule has 29 heavy (non-hydrogen) atoms. The molecule has 2 amide bonds. The van der Waals surface area contributed by atoms with E-state index in [2.05, 4.69) is 31.4 Å². The maximum absolute atomic E-state index is 12.3. The topological polar surface area (TPSA) is 102 Å². The van der Waals surface area contributed by atoms with Gasteiger partial charge in [0.2, 0.25) is 0 Å². The standard InChI is InChI=1S/C23H33N3O3/c1-4-15(2)11-18-7-10-20(16(3)12-18)26-23(29)21(27)14-25-22(28)19-8-5-17(13-24)6-9-19/h5-6,8-9,15-16,18,20-21,27H,4,7,10-12,14H2,1-3H3,(H,25,28)(H,26,29). The van der Waals surface area contributed by atoms with E-state index in [1.54, 1.807) is 24.3 Å². The van der Waals surface area contributed by atoms with Crippen LogP contribution in [0.1, 0.15) is 68.8 Å². The second kappa shape index (κ2) is 11.0. The quantitative estimate of drug-likeness (QED) is 0.625. The Bertz CT molecular complexity index is 726. The number of hydrogen-bond donors (Lipinski definition) is 3. The van der Waals surface area contributed by atoms with Crippen molar-refractivity contribution >= 4 is 11.8 Å². The average molecular weight is 400 g/mol. The third-order valence-corrected chi connectivity index (χ3v) is 6.07. The molecule has 2 rings (SSSR count). The summed E-state index contributed by atoms with van der Waals surface area (Å²) in [6.45, 7) is 6.53. The highest BCUT2D eigenvalue weighted by Gasteiger charge is 2.30. The number of nitriles is 1. The summed E-state index contributed by atoms with van der Waals surface area (Å²) >= 11 is 0. The van der Waals surface area contributed by atoms with Crippen molar-refractivity contribution < 1.29 is 14.7 Å². The van der Waals surface area contributed by atoms with E-state index in [4.69, 9.17) is 5.26 Å². The van der Waals surface area contributed by atoms with Crippen LogP contribution < -0.4 is 10.6 Å². The van der Waals surface area contributed by atoms with Gasteiger partial charge in [-0.25, -0.2) is 0 Å². The average Bonchev–Trinajstić information content (AvgIpc) is 2.73. The molecule has 0 aliphatic heterocycles. The largest absolute Gasteiger partial charge is 0.381 e. The van der Waals surface area contributed by atoms with Crippen LogP contribution in [0.5, 0.6) is 0 Å². The van der Waals surface area contributed by atoms with Gasteiger partial charge in [0.1, 0.15) is 6.10 Å². The van der Waals surface area contributed by atoms with Crippen LogP contribution >= 0.6 is 0 Å². The number of aliphatic hydroxyl groups excluding tert-OH is 1. The Kier molecular flexibility index (Phi) is 8.66. The van der Waals surface area contributed by atoms with E-state index in [1.807, 2.05) is 6.07 Å². The Labute approximate surface area is 173 Å². The highest BCUT2D eigenvalue weighted by Crippen LogP contribution is 2.33. The Morgan fingerprint density at radius 2 is 1.97 bits per heavy atom. The van der Waals surface area contributed by atoms with Gasteiger partial charge in [0.05, 0.1) is 18.2 Å². The molecule has 1 aromatic rings. The molecular formula is C23H33N3O3. The summed E-state index contributed by atoms with van der Waals surface area (Å²) in [5.74, 6) is 0.995. The molecule has 3 N–H and O–H groups in total. The van der Waals surface area contributed by atoms with Gasteiger partial charge in [-0.15, -0.1) is 0 Å². The first kappa shape index (κ1) is 22.9. The molecule has 6 heteroatoms. The maximum atomic E-state index is 12.3. The van der Waals surface area contributed by atoms with Gasteiger partial charge < -0.3 is 15.7 Å². The summed E-state index contributed by atoms with van der Waals surface area (Å²) in [7, 11) is 0. The zero-order chi connectivity index (χ0) is 21.4. The first-order chi connectivity index (χ1) is 13.8. The minimum atomic E-state index is -1.29. The molecular weight excluding hydrogens is 366 g/mol. The van der Waals surface area contributed by atoms with Gasteiger partial charge in [-0.3, -0.25) is 9.59 Å². The molecule has 1 saturated carbocycles. The van der Waals surface area contributed by atoms with Crippen LogP contribution in [-0.4, -0.2) is 35.6 Å². The van der Waals surface area contributed by atoms with E-state index in [-0.39, 0.29) is 18.5 Å². The SMILES string of the molecule is CCC(C)CC1CCC(NC(=O)C(O)CNC(=O)c2ccc(C#N)cc2)C(C)C1. The lowest BCUT2D eigenvalue weighted by Gasteiger charge is -2.36. The number of benzene rings is 1. The Morgan fingerprint density at radius 3 is 2.55 bits per heavy atom. The van der Waals surface area contributed by atoms with E-state index < -0.39 is 12.0 Å². The molecule has 6 nitrogen and oxygen atoms in total. The zero-order valence-corrected chi connectivity index (χ0v) is 17.6. The lowest BCUT2D eigenvalue weighted by molar-refractivity contribution is -0.130. The first-order valence-corrected chi connectivity index (χ1v) is 10.6. The van der Waals surface area contributed by atoms with Gasteiger partial charge in [0.15, 0.2) is 0 Å². The van der Waals surface area contributed by atoms with Gasteiger partial charge in [0, 0.05) is 11.6 Å². The molecule has 5 unspecified atom stereocenters. The van der Waals surface area contributed by atoms with Crippen LogP contribution in [0.4, 0.5) is 0 Å². The summed E-state index contributed by atoms with van der Waals surface area (Å²) in [5, 5.41) is 24.5. The van der Waals surface area contributed by atoms with Gasteiger partial charge in [-0.05, 0) is 67.7 Å². The van der Waals surface area contributed by atoms with Crippen LogP contribution in [-0.2, 0) is 4.79 Å². The molecule has 5 atom stereocenters. The van der Waals surface area contributed by atoms with Crippen molar-refractivity contribution in [1.29, 1.82) is 5.26 Å². The van der Waals surface area contributed by atoms with Crippen molar-refractivity contribution in [3.8, 4) is 6.07 Å². The highest BCUT2D eigenvalue weighted by atomic mass is 16.3. The number of carbonyl (C=O) groups excluding carboxylic acids is 2. The van der Waals surface area contributed by atoms with Crippen LogP contribution in [0.25, 0.3) is 0 Å². The van der Waals surface area contributed by atoms with Gasteiger partial charge >= 0.3 is 0 Å². The Morgan fingerprint density at radius 1 is 1.28 bits per heavy atom. The fourth-order valence-electron chi connectivity index (χ4n) is 4.03. The lowest BCUT2D eigenvalue weighted by atomic mass is 9.75. The number of rotatable bonds is 8. The summed E-state index contributed by atoms with van der Waals surface area (Å²) in [4.78, 5) is 24.5. The van der Waals surface area contributed by atoms with Crippen molar-refractivity contribution in [3.63, 3.8) is 0 Å². The fraction of sp³-hybridized carbons (Fsp3) is 0.609. The Hall–Kier alpha value is -2.39. The summed E-state index contributed by atoms with van der Waals surface area (Å²) in [6.07, 6.45) is 4.28. The van der Waals surface area contributed by atoms with Crippen molar-refractivity contribution in [3.05, 3.63) is 35.4 Å². The van der Waals surface area contributed by atoms with Crippen LogP contribution in [0.15, 0.2) is 24.3 Å². The molecule has 0 heterocycles. The zero-order valence-electron chi connectivity index (χ0n) is 17.6. The summed E-state index contributed by atoms with van der Waals surface area (Å²) in [5.41, 5.74) is 0.846. The number of aliphatic hydroxyl groups is 1. The molecule has 0 aromatic heterocycles. The maximum Gasteiger partial charge on any atom is 0.251 e. The molecule has 1 aliphatic rings. The second-order valence-electron chi connectivity index (χ2n) is 8.44. The van der Waals surface area contributed by atoms with Crippen LogP contribution in [0.2, 0.25) is 0 Å². The highest BCUT2D eigenvalue weighted by molar-refractivity contribution is 5.94. The first-order valence-electron chi connectivity index (χ1n) is 10.6. The molecule has 1 fully saturated rings. The molecule has 0 saturated heterocycles. The van der Waals surface area contributed by atoms with Gasteiger partial charge in [-0.1, -0.05) is 27.2 Å². The van der Waals surface area contributed by atoms with Crippen LogP contribution in [0.3, 0.4) is 0 Å². The van der Waals surface area contributed by atoms with E-state index >= 15 is 0 Å². The monoisotopic (exact) mass is 399 g/mol. The lowest BCUT2D eigenvalue weighted by Crippen LogP contribution is -2.49. The second-order valence-corrected chi connectivity index (χ2v) is 8.44. The fourth-order valence-corrected chi connectivity index (χ4v) is 4.03. The van der Waals surface area contributed by atoms with E-state index in [0.29, 0.717) is 23.0 Å². The molecule has 1 aliphatic carbocycles. The van der Waals surface area contributed by atoms with Crippen LogP contribution in [0, 0.1) is 29.1 Å². The number of nitrogens with one attached hydrogen (secondary N) is 2. The van der Waals surface area contributed by atoms with Gasteiger partial charge in [-0.2, -0.15) is 5.26 Å². The predicted octanol–water partition coefficient (Wildman–Crippen LogP) is 3.01. The number of carbonyl (C=O) groups is 2. The van der Waals surface area contributed by atoms with E-state index in [0.717, 1.165) is 25.2 Å². The van der Waals surface area contributed by atoms with Crippen molar-refractivity contribution in [2.45, 2.75) is 65.0 Å². The normalized spacial score (nSPS) is 23.5. The third kappa shape index (κ3) is 6.86. The van der Waals surface area contributed by atoms with Gasteiger partial charge in [0.25, 0.3) is 11.8 Å². The third-order valence-electron chi connectivity index (χ3n) is 6.07. The van der Waals surface area contributed by atoms with E-state index in [1.165, 1.54) is 12.8 Å². The molecule has 0 radical (unpaired) electrons. The predicted molar refractivity (Wildman–Crippen MR) is 112 cm³/mol. The molecule has 0 bridgehead atoms. The minimum Gasteiger partial charge on any atom is -0.381 e. The molecule has 1 aromatic carbocycles.